The topological polar surface area (TPSA) is 63.6 Å². The number of carbonyl (C=O) groups excluding carboxylic acids is 1. The van der Waals surface area contributed by atoms with Gasteiger partial charge in [-0.05, 0) is 31.5 Å². The molecule has 1 aromatic carbocycles. The van der Waals surface area contributed by atoms with E-state index in [0.29, 0.717) is 12.2 Å². The lowest BCUT2D eigenvalue weighted by Gasteiger charge is -2.20. The van der Waals surface area contributed by atoms with E-state index >= 15 is 0 Å². The molecular weight excluding hydrogens is 278 g/mol. The van der Waals surface area contributed by atoms with Crippen molar-refractivity contribution in [3.63, 3.8) is 0 Å². The van der Waals surface area contributed by atoms with E-state index in [4.69, 9.17) is 4.84 Å². The highest BCUT2D eigenvalue weighted by atomic mass is 16.7. The Morgan fingerprint density at radius 2 is 1.95 bits per heavy atom. The van der Waals surface area contributed by atoms with Crippen LogP contribution in [0.25, 0.3) is 0 Å². The Balaban J connectivity index is 1.72. The number of hydrogen-bond acceptors (Lipinski definition) is 4. The van der Waals surface area contributed by atoms with Crippen molar-refractivity contribution in [2.75, 3.05) is 5.32 Å². The number of nitrogens with zero attached hydrogens (tertiary/aromatic N) is 2. The predicted molar refractivity (Wildman–Crippen MR) is 84.7 cm³/mol. The zero-order valence-corrected chi connectivity index (χ0v) is 12.5. The summed E-state index contributed by atoms with van der Waals surface area (Å²) in [6, 6.07) is 15.2. The van der Waals surface area contributed by atoms with Gasteiger partial charge in [-0.15, -0.1) is 0 Å². The molecule has 2 heterocycles. The van der Waals surface area contributed by atoms with Gasteiger partial charge in [0.05, 0.1) is 5.71 Å². The minimum Gasteiger partial charge on any atom is -0.379 e. The van der Waals surface area contributed by atoms with Gasteiger partial charge in [-0.1, -0.05) is 41.6 Å². The molecule has 1 aliphatic rings. The smallest absolute Gasteiger partial charge is 0.272 e. The van der Waals surface area contributed by atoms with E-state index in [-0.39, 0.29) is 5.91 Å². The molecule has 2 aromatic rings. The van der Waals surface area contributed by atoms with Crippen LogP contribution in [0.1, 0.15) is 24.6 Å². The molecule has 0 spiro atoms. The van der Waals surface area contributed by atoms with E-state index in [0.717, 1.165) is 17.0 Å². The molecule has 0 aliphatic carbocycles. The highest BCUT2D eigenvalue weighted by Crippen LogP contribution is 2.27. The van der Waals surface area contributed by atoms with Crippen molar-refractivity contribution in [3.8, 4) is 0 Å². The van der Waals surface area contributed by atoms with Crippen LogP contribution in [-0.4, -0.2) is 22.2 Å². The Morgan fingerprint density at radius 3 is 2.68 bits per heavy atom. The summed E-state index contributed by atoms with van der Waals surface area (Å²) in [4.78, 5) is 22.2. The van der Waals surface area contributed by atoms with E-state index in [1.54, 1.807) is 13.0 Å². The van der Waals surface area contributed by atoms with Crippen molar-refractivity contribution < 1.29 is 9.63 Å². The Hall–Kier alpha value is -2.69. The van der Waals surface area contributed by atoms with E-state index in [1.165, 1.54) is 0 Å². The van der Waals surface area contributed by atoms with Gasteiger partial charge in [0, 0.05) is 12.1 Å². The van der Waals surface area contributed by atoms with Crippen molar-refractivity contribution in [1.82, 2.24) is 4.98 Å². The molecule has 0 saturated heterocycles. The molecule has 22 heavy (non-hydrogen) atoms. The highest BCUT2D eigenvalue weighted by Gasteiger charge is 2.42. The molecule has 0 fully saturated rings. The second-order valence-corrected chi connectivity index (χ2v) is 5.52. The van der Waals surface area contributed by atoms with Gasteiger partial charge in [0.2, 0.25) is 5.60 Å². The fourth-order valence-corrected chi connectivity index (χ4v) is 2.31. The number of hydrogen-bond donors (Lipinski definition) is 1. The largest absolute Gasteiger partial charge is 0.379 e. The third kappa shape index (κ3) is 2.83. The van der Waals surface area contributed by atoms with Gasteiger partial charge < -0.3 is 10.2 Å². The quantitative estimate of drug-likeness (QED) is 0.947. The van der Waals surface area contributed by atoms with Crippen LogP contribution in [0.5, 0.6) is 0 Å². The first-order chi connectivity index (χ1) is 10.6. The second kappa shape index (κ2) is 5.60. The first-order valence-corrected chi connectivity index (χ1v) is 7.12. The van der Waals surface area contributed by atoms with Crippen LogP contribution in [0, 0.1) is 6.92 Å². The third-order valence-corrected chi connectivity index (χ3v) is 3.58. The molecule has 3 rings (SSSR count). The fourth-order valence-electron chi connectivity index (χ4n) is 2.31. The SMILES string of the molecule is Cc1cccc(NC(=O)C2(C)CC(c3ccccc3)=NO2)n1. The van der Waals surface area contributed by atoms with Crippen LogP contribution < -0.4 is 5.32 Å². The monoisotopic (exact) mass is 295 g/mol. The standard InChI is InChI=1S/C17H17N3O2/c1-12-7-6-10-15(18-12)19-16(21)17(2)11-14(20-22-17)13-8-4-3-5-9-13/h3-10H,11H2,1-2H3,(H,18,19,21). The van der Waals surface area contributed by atoms with E-state index in [1.807, 2.05) is 49.4 Å². The van der Waals surface area contributed by atoms with Crippen LogP contribution in [0.15, 0.2) is 53.7 Å². The van der Waals surface area contributed by atoms with E-state index in [2.05, 4.69) is 15.5 Å². The third-order valence-electron chi connectivity index (χ3n) is 3.58. The maximum absolute atomic E-state index is 12.5. The van der Waals surface area contributed by atoms with Gasteiger partial charge in [0.25, 0.3) is 5.91 Å². The molecule has 5 heteroatoms. The Labute approximate surface area is 129 Å². The van der Waals surface area contributed by atoms with Gasteiger partial charge in [-0.25, -0.2) is 4.98 Å². The lowest BCUT2D eigenvalue weighted by atomic mass is 9.95. The maximum Gasteiger partial charge on any atom is 0.272 e. The molecule has 1 aromatic heterocycles. The second-order valence-electron chi connectivity index (χ2n) is 5.52. The lowest BCUT2D eigenvalue weighted by Crippen LogP contribution is -2.40. The van der Waals surface area contributed by atoms with Gasteiger partial charge >= 0.3 is 0 Å². The molecule has 1 aliphatic heterocycles. The Morgan fingerprint density at radius 1 is 1.18 bits per heavy atom. The summed E-state index contributed by atoms with van der Waals surface area (Å²) in [5, 5.41) is 6.86. The molecule has 0 radical (unpaired) electrons. The first-order valence-electron chi connectivity index (χ1n) is 7.12. The number of nitrogens with one attached hydrogen (secondary N) is 1. The molecule has 0 bridgehead atoms. The number of anilines is 1. The van der Waals surface area contributed by atoms with Gasteiger partial charge in [-0.3, -0.25) is 4.79 Å². The van der Waals surface area contributed by atoms with Crippen molar-refractivity contribution in [3.05, 3.63) is 59.8 Å². The number of aromatic nitrogens is 1. The average molecular weight is 295 g/mol. The molecular formula is C17H17N3O2. The van der Waals surface area contributed by atoms with Gasteiger partial charge in [-0.2, -0.15) is 0 Å². The minimum atomic E-state index is -1.02. The number of oxime groups is 1. The van der Waals surface area contributed by atoms with Crippen LogP contribution in [0.3, 0.4) is 0 Å². The number of amides is 1. The number of aryl methyl sites for hydroxylation is 1. The zero-order valence-electron chi connectivity index (χ0n) is 12.5. The van der Waals surface area contributed by atoms with Crippen molar-refractivity contribution in [1.29, 1.82) is 0 Å². The van der Waals surface area contributed by atoms with E-state index < -0.39 is 5.60 Å². The van der Waals surface area contributed by atoms with Crippen LogP contribution in [0.2, 0.25) is 0 Å². The summed E-state index contributed by atoms with van der Waals surface area (Å²) in [6.07, 6.45) is 0.425. The molecule has 1 N–H and O–H groups in total. The summed E-state index contributed by atoms with van der Waals surface area (Å²) in [7, 11) is 0. The van der Waals surface area contributed by atoms with Gasteiger partial charge in [0.1, 0.15) is 5.82 Å². The Kier molecular flexibility index (Phi) is 3.63. The summed E-state index contributed by atoms with van der Waals surface area (Å²) < 4.78 is 0. The van der Waals surface area contributed by atoms with Crippen LogP contribution in [0.4, 0.5) is 5.82 Å². The predicted octanol–water partition coefficient (Wildman–Crippen LogP) is 2.91. The number of rotatable bonds is 3. The fraction of sp³-hybridized carbons (Fsp3) is 0.235. The lowest BCUT2D eigenvalue weighted by molar-refractivity contribution is -0.135. The molecule has 1 atom stereocenters. The highest BCUT2D eigenvalue weighted by molar-refractivity contribution is 6.07. The number of carbonyl (C=O) groups is 1. The summed E-state index contributed by atoms with van der Waals surface area (Å²) in [5.74, 6) is 0.267. The molecule has 1 amide bonds. The maximum atomic E-state index is 12.5. The minimum absolute atomic E-state index is 0.250. The van der Waals surface area contributed by atoms with Crippen LogP contribution >= 0.6 is 0 Å². The van der Waals surface area contributed by atoms with Crippen LogP contribution in [-0.2, 0) is 9.63 Å². The molecule has 5 nitrogen and oxygen atoms in total. The van der Waals surface area contributed by atoms with Crippen molar-refractivity contribution in [2.24, 2.45) is 5.16 Å². The molecule has 112 valence electrons. The Bertz CT molecular complexity index is 728. The molecule has 1 unspecified atom stereocenters. The summed E-state index contributed by atoms with van der Waals surface area (Å²) in [5.41, 5.74) is 1.57. The molecule has 0 saturated carbocycles. The average Bonchev–Trinajstić information content (AvgIpc) is 2.92. The number of pyridine rings is 1. The first kappa shape index (κ1) is 14.3. The normalized spacial score (nSPS) is 20.2. The van der Waals surface area contributed by atoms with Gasteiger partial charge in [0.15, 0.2) is 0 Å². The van der Waals surface area contributed by atoms with Crippen molar-refractivity contribution in [2.45, 2.75) is 25.9 Å². The van der Waals surface area contributed by atoms with E-state index in [9.17, 15) is 4.79 Å². The number of benzene rings is 1. The zero-order chi connectivity index (χ0) is 15.6. The summed E-state index contributed by atoms with van der Waals surface area (Å²) >= 11 is 0. The summed E-state index contributed by atoms with van der Waals surface area (Å²) in [6.45, 7) is 3.61. The van der Waals surface area contributed by atoms with Crippen molar-refractivity contribution >= 4 is 17.4 Å².